The number of hydrogen-bond acceptors (Lipinski definition) is 2. The second kappa shape index (κ2) is 13.7. The van der Waals surface area contributed by atoms with Crippen LogP contribution in [0.2, 0.25) is 0 Å². The van der Waals surface area contributed by atoms with E-state index in [0.717, 1.165) is 25.7 Å². The molecular weight excluding hydrogens is 653 g/mol. The minimum atomic E-state index is -0.488. The summed E-state index contributed by atoms with van der Waals surface area (Å²) in [7, 11) is 0. The molecule has 0 aromatic heterocycles. The minimum Gasteiger partial charge on any atom is -0.315 e. The summed E-state index contributed by atoms with van der Waals surface area (Å²) in [5.74, 6) is 0. The fraction of sp³-hybridized carbons (Fsp3) is 0.154. The highest BCUT2D eigenvalue weighted by Crippen LogP contribution is 2.64. The van der Waals surface area contributed by atoms with Gasteiger partial charge in [-0.2, -0.15) is 0 Å². The second-order valence-electron chi connectivity index (χ2n) is 15.0. The molecule has 2 nitrogen and oxygen atoms in total. The third kappa shape index (κ3) is 5.39. The molecule has 6 aromatic rings. The number of rotatable bonds is 9. The summed E-state index contributed by atoms with van der Waals surface area (Å²) in [6.07, 6.45) is 15.3. The maximum atomic E-state index is 3.98. The molecule has 3 aliphatic rings. The molecule has 6 aromatic carbocycles. The molecule has 2 heteroatoms. The van der Waals surface area contributed by atoms with Gasteiger partial charge in [-0.25, -0.2) is 0 Å². The molecule has 1 spiro atoms. The van der Waals surface area contributed by atoms with E-state index >= 15 is 0 Å². The molecule has 0 atom stereocenters. The molecule has 0 aliphatic heterocycles. The minimum absolute atomic E-state index is 0.488. The van der Waals surface area contributed by atoms with E-state index in [0.29, 0.717) is 0 Å². The van der Waals surface area contributed by atoms with Gasteiger partial charge < -0.3 is 9.80 Å². The third-order valence-corrected chi connectivity index (χ3v) is 11.5. The number of unbranched alkanes of at least 4 members (excludes halogenated alkanes) is 1. The van der Waals surface area contributed by atoms with Gasteiger partial charge in [-0.15, -0.1) is 6.58 Å². The lowest BCUT2D eigenvalue weighted by molar-refractivity contribution is 0.793. The Labute approximate surface area is 320 Å². The molecule has 3 aliphatic carbocycles. The van der Waals surface area contributed by atoms with E-state index in [2.05, 4.69) is 195 Å². The molecule has 0 N–H and O–H groups in total. The molecule has 54 heavy (non-hydrogen) atoms. The number of fused-ring (bicyclic) bond motifs is 10. The Morgan fingerprint density at radius 2 is 1.15 bits per heavy atom. The first kappa shape index (κ1) is 33.7. The first-order valence-corrected chi connectivity index (χ1v) is 19.4. The highest BCUT2D eigenvalue weighted by Gasteiger charge is 2.52. The lowest BCUT2D eigenvalue weighted by atomic mass is 9.70. The van der Waals surface area contributed by atoms with Gasteiger partial charge >= 0.3 is 0 Å². The maximum absolute atomic E-state index is 3.98. The largest absolute Gasteiger partial charge is 0.315 e. The van der Waals surface area contributed by atoms with Crippen LogP contribution in [-0.2, 0) is 5.41 Å². The fourth-order valence-corrected chi connectivity index (χ4v) is 9.20. The molecule has 0 unspecified atom stereocenters. The molecular formula is C52H46N2. The zero-order valence-corrected chi connectivity index (χ0v) is 31.5. The van der Waals surface area contributed by atoms with Crippen LogP contribution in [0.15, 0.2) is 182 Å². The van der Waals surface area contributed by atoms with Gasteiger partial charge in [0.15, 0.2) is 0 Å². The summed E-state index contributed by atoms with van der Waals surface area (Å²) < 4.78 is 0. The van der Waals surface area contributed by atoms with Crippen molar-refractivity contribution < 1.29 is 0 Å². The summed E-state index contributed by atoms with van der Waals surface area (Å²) in [5.41, 5.74) is 19.7. The zero-order chi connectivity index (χ0) is 36.8. The Morgan fingerprint density at radius 3 is 1.78 bits per heavy atom. The number of aryl methyl sites for hydroxylation is 2. The van der Waals surface area contributed by atoms with Crippen LogP contribution in [0.1, 0.15) is 66.0 Å². The average molecular weight is 699 g/mol. The van der Waals surface area contributed by atoms with Gasteiger partial charge in [-0.1, -0.05) is 109 Å². The van der Waals surface area contributed by atoms with Crippen LogP contribution in [0.4, 0.5) is 22.7 Å². The fourth-order valence-electron chi connectivity index (χ4n) is 9.20. The molecule has 0 saturated heterocycles. The first-order chi connectivity index (χ1) is 26.5. The van der Waals surface area contributed by atoms with Crippen LogP contribution in [0.5, 0.6) is 0 Å². The SMILES string of the molecule is C=CCC/C=C(\C)N(c1cccc(C)c1)c1ccc2c(c1)C1(c3ccccc3-c3ccccc31)c1cc(N(C3=CCCC=C3)c3cccc(C)c3)ccc1-2. The molecule has 0 amide bonds. The van der Waals surface area contributed by atoms with Crippen LogP contribution >= 0.6 is 0 Å². The van der Waals surface area contributed by atoms with Gasteiger partial charge in [0.1, 0.15) is 0 Å². The van der Waals surface area contributed by atoms with Crippen molar-refractivity contribution >= 4 is 22.7 Å². The predicted octanol–water partition coefficient (Wildman–Crippen LogP) is 14.0. The molecule has 0 bridgehead atoms. The number of hydrogen-bond donors (Lipinski definition) is 0. The van der Waals surface area contributed by atoms with E-state index in [1.807, 2.05) is 6.08 Å². The van der Waals surface area contributed by atoms with Crippen molar-refractivity contribution in [1.82, 2.24) is 0 Å². The molecule has 264 valence electrons. The van der Waals surface area contributed by atoms with Gasteiger partial charge in [0.05, 0.1) is 5.41 Å². The van der Waals surface area contributed by atoms with Gasteiger partial charge in [0.25, 0.3) is 0 Å². The van der Waals surface area contributed by atoms with Crippen molar-refractivity contribution in [3.05, 3.63) is 215 Å². The topological polar surface area (TPSA) is 6.48 Å². The standard InChI is InChI=1S/C52H46N2/c1-5-6-8-19-38(4)53(40-22-15-17-36(2)32-40)42-28-30-46-47-31-29-43(54(39-20-9-7-10-21-39)41-23-16-18-37(3)33-41)35-51(47)52(50(46)34-42)48-26-13-11-24-44(48)45-25-12-14-27-49(45)52/h5,9,11-35H,1,6-8,10H2,2-4H3/b38-19+. The van der Waals surface area contributed by atoms with Gasteiger partial charge in [0.2, 0.25) is 0 Å². The molecule has 0 fully saturated rings. The third-order valence-electron chi connectivity index (χ3n) is 11.5. The molecule has 9 rings (SSSR count). The van der Waals surface area contributed by atoms with E-state index in [4.69, 9.17) is 0 Å². The number of benzene rings is 6. The van der Waals surface area contributed by atoms with Crippen LogP contribution in [-0.4, -0.2) is 0 Å². The van der Waals surface area contributed by atoms with E-state index in [1.54, 1.807) is 0 Å². The van der Waals surface area contributed by atoms with Crippen LogP contribution in [0.25, 0.3) is 22.3 Å². The first-order valence-electron chi connectivity index (χ1n) is 19.4. The summed E-state index contributed by atoms with van der Waals surface area (Å²) in [4.78, 5) is 4.89. The Balaban J connectivity index is 1.31. The zero-order valence-electron chi connectivity index (χ0n) is 31.5. The lowest BCUT2D eigenvalue weighted by Crippen LogP contribution is -2.27. The lowest BCUT2D eigenvalue weighted by Gasteiger charge is -2.33. The van der Waals surface area contributed by atoms with Crippen molar-refractivity contribution in [2.75, 3.05) is 9.80 Å². The molecule has 0 saturated carbocycles. The summed E-state index contributed by atoms with van der Waals surface area (Å²) in [6.45, 7) is 10.6. The second-order valence-corrected chi connectivity index (χ2v) is 15.0. The Hall–Kier alpha value is -6.12. The predicted molar refractivity (Wildman–Crippen MR) is 229 cm³/mol. The van der Waals surface area contributed by atoms with Crippen LogP contribution in [0, 0.1) is 13.8 Å². The molecule has 0 radical (unpaired) electrons. The number of anilines is 4. The Morgan fingerprint density at radius 1 is 0.593 bits per heavy atom. The van der Waals surface area contributed by atoms with Crippen LogP contribution in [0.3, 0.4) is 0 Å². The highest BCUT2D eigenvalue weighted by atomic mass is 15.2. The van der Waals surface area contributed by atoms with Crippen molar-refractivity contribution in [3.63, 3.8) is 0 Å². The van der Waals surface area contributed by atoms with E-state index in [9.17, 15) is 0 Å². The highest BCUT2D eigenvalue weighted by molar-refractivity contribution is 5.97. The van der Waals surface area contributed by atoms with Gasteiger partial charge in [-0.05, 0) is 157 Å². The van der Waals surface area contributed by atoms with Crippen molar-refractivity contribution in [2.24, 2.45) is 0 Å². The monoisotopic (exact) mass is 698 g/mol. The van der Waals surface area contributed by atoms with Crippen molar-refractivity contribution in [1.29, 1.82) is 0 Å². The van der Waals surface area contributed by atoms with E-state index in [1.165, 1.54) is 89.8 Å². The summed E-state index contributed by atoms with van der Waals surface area (Å²) >= 11 is 0. The van der Waals surface area contributed by atoms with E-state index in [-0.39, 0.29) is 0 Å². The smallest absolute Gasteiger partial charge is 0.0727 e. The van der Waals surface area contributed by atoms with Crippen molar-refractivity contribution in [3.8, 4) is 22.3 Å². The normalized spacial score (nSPS) is 14.6. The van der Waals surface area contributed by atoms with Crippen molar-refractivity contribution in [2.45, 2.75) is 51.9 Å². The maximum Gasteiger partial charge on any atom is 0.0727 e. The Bertz CT molecular complexity index is 2480. The average Bonchev–Trinajstić information content (AvgIpc) is 3.65. The summed E-state index contributed by atoms with van der Waals surface area (Å²) in [5, 5.41) is 0. The number of allylic oxidation sites excluding steroid dienone is 6. The van der Waals surface area contributed by atoms with E-state index < -0.39 is 5.41 Å². The summed E-state index contributed by atoms with van der Waals surface area (Å²) in [6, 6.07) is 50.4. The Kier molecular flexibility index (Phi) is 8.55. The van der Waals surface area contributed by atoms with Crippen LogP contribution < -0.4 is 9.80 Å². The quantitative estimate of drug-likeness (QED) is 0.109. The van der Waals surface area contributed by atoms with Gasteiger partial charge in [-0.3, -0.25) is 0 Å². The number of nitrogens with zero attached hydrogens (tertiary/aromatic N) is 2. The van der Waals surface area contributed by atoms with Gasteiger partial charge in [0, 0.05) is 34.1 Å². The molecule has 0 heterocycles.